The lowest BCUT2D eigenvalue weighted by molar-refractivity contribution is -0.133. The van der Waals surface area contributed by atoms with Gasteiger partial charge in [-0.05, 0) is 11.6 Å². The average molecular weight is 400 g/mol. The molecule has 2 saturated heterocycles. The van der Waals surface area contributed by atoms with E-state index in [1.165, 1.54) is 11.6 Å². The third-order valence-electron chi connectivity index (χ3n) is 5.46. The van der Waals surface area contributed by atoms with Crippen molar-refractivity contribution >= 4 is 17.7 Å². The highest BCUT2D eigenvalue weighted by molar-refractivity contribution is 7.99. The fourth-order valence-corrected chi connectivity index (χ4v) is 5.19. The molecule has 2 aromatic rings. The van der Waals surface area contributed by atoms with E-state index in [0.29, 0.717) is 18.7 Å². The zero-order chi connectivity index (χ0) is 19.3. The van der Waals surface area contributed by atoms with Crippen LogP contribution in [0.4, 0.5) is 4.39 Å². The van der Waals surface area contributed by atoms with Gasteiger partial charge in [-0.3, -0.25) is 14.6 Å². The van der Waals surface area contributed by atoms with Gasteiger partial charge in [0.2, 0.25) is 5.91 Å². The van der Waals surface area contributed by atoms with Crippen molar-refractivity contribution in [2.75, 3.05) is 45.0 Å². The van der Waals surface area contributed by atoms with Gasteiger partial charge in [-0.2, -0.15) is 0 Å². The summed E-state index contributed by atoms with van der Waals surface area (Å²) >= 11 is 1.65. The van der Waals surface area contributed by atoms with Crippen LogP contribution in [0.2, 0.25) is 0 Å². The molecular formula is C22H26FN3OS. The quantitative estimate of drug-likeness (QED) is 0.771. The van der Waals surface area contributed by atoms with Gasteiger partial charge in [-0.15, -0.1) is 11.8 Å². The first-order valence-corrected chi connectivity index (χ1v) is 10.9. The second-order valence-corrected chi connectivity index (χ2v) is 8.56. The van der Waals surface area contributed by atoms with Crippen molar-refractivity contribution in [2.24, 2.45) is 0 Å². The Bertz CT molecular complexity index is 795. The first kappa shape index (κ1) is 19.4. The number of nitrogens with zero attached hydrogens (tertiary/aromatic N) is 3. The second-order valence-electron chi connectivity index (χ2n) is 7.37. The molecule has 1 atom stereocenters. The number of carbonyl (C=O) groups excluding carboxylic acids is 1. The monoisotopic (exact) mass is 399 g/mol. The Kier molecular flexibility index (Phi) is 6.29. The van der Waals surface area contributed by atoms with Gasteiger partial charge in [0.1, 0.15) is 11.2 Å². The number of rotatable bonds is 5. The van der Waals surface area contributed by atoms with Gasteiger partial charge < -0.3 is 4.90 Å². The van der Waals surface area contributed by atoms with Crippen LogP contribution in [0.3, 0.4) is 0 Å². The van der Waals surface area contributed by atoms with Gasteiger partial charge in [-0.25, -0.2) is 4.39 Å². The lowest BCUT2D eigenvalue weighted by atomic mass is 10.2. The molecule has 4 nitrogen and oxygen atoms in total. The third-order valence-corrected chi connectivity index (χ3v) is 6.70. The third kappa shape index (κ3) is 4.57. The lowest BCUT2D eigenvalue weighted by Crippen LogP contribution is -2.49. The maximum Gasteiger partial charge on any atom is 0.237 e. The predicted molar refractivity (Wildman–Crippen MR) is 111 cm³/mol. The maximum absolute atomic E-state index is 14.2. The fourth-order valence-electron chi connectivity index (χ4n) is 3.89. The van der Waals surface area contributed by atoms with Crippen LogP contribution in [0.25, 0.3) is 0 Å². The van der Waals surface area contributed by atoms with E-state index in [1.807, 2.05) is 17.0 Å². The highest BCUT2D eigenvalue weighted by Gasteiger charge is 2.33. The normalized spacial score (nSPS) is 21.2. The number of halogens is 1. The Morgan fingerprint density at radius 3 is 2.36 bits per heavy atom. The Balaban J connectivity index is 1.30. The maximum atomic E-state index is 14.2. The van der Waals surface area contributed by atoms with Crippen LogP contribution < -0.4 is 0 Å². The molecule has 0 aliphatic carbocycles. The number of amides is 1. The number of carbonyl (C=O) groups is 1. The summed E-state index contributed by atoms with van der Waals surface area (Å²) < 4.78 is 14.2. The van der Waals surface area contributed by atoms with Crippen LogP contribution in [0, 0.1) is 5.82 Å². The molecule has 0 bridgehead atoms. The molecular weight excluding hydrogens is 373 g/mol. The smallest absolute Gasteiger partial charge is 0.237 e. The van der Waals surface area contributed by atoms with E-state index in [4.69, 9.17) is 0 Å². The number of hydrogen-bond acceptors (Lipinski definition) is 4. The summed E-state index contributed by atoms with van der Waals surface area (Å²) in [5.74, 6) is 0.735. The Labute approximate surface area is 170 Å². The van der Waals surface area contributed by atoms with Gasteiger partial charge in [0.05, 0.1) is 6.54 Å². The van der Waals surface area contributed by atoms with E-state index in [9.17, 15) is 9.18 Å². The van der Waals surface area contributed by atoms with Crippen molar-refractivity contribution in [2.45, 2.75) is 11.9 Å². The molecule has 4 rings (SSSR count). The molecule has 0 saturated carbocycles. The SMILES string of the molecule is O=C(CN1CCN(Cc2ccccc2)CC1)N1CCSC1c1ccccc1F. The summed E-state index contributed by atoms with van der Waals surface area (Å²) in [6, 6.07) is 17.3. The summed E-state index contributed by atoms with van der Waals surface area (Å²) in [5, 5.41) is -0.201. The first-order valence-electron chi connectivity index (χ1n) is 9.85. The molecule has 1 unspecified atom stereocenters. The van der Waals surface area contributed by atoms with Gasteiger partial charge in [0.15, 0.2) is 0 Å². The van der Waals surface area contributed by atoms with E-state index < -0.39 is 0 Å². The Hall–Kier alpha value is -1.89. The van der Waals surface area contributed by atoms with Crippen LogP contribution in [0.5, 0.6) is 0 Å². The summed E-state index contributed by atoms with van der Waals surface area (Å²) in [7, 11) is 0. The molecule has 0 aromatic heterocycles. The molecule has 2 aliphatic heterocycles. The minimum absolute atomic E-state index is 0.106. The van der Waals surface area contributed by atoms with Crippen LogP contribution in [0.15, 0.2) is 54.6 Å². The van der Waals surface area contributed by atoms with E-state index >= 15 is 0 Å². The van der Waals surface area contributed by atoms with Gasteiger partial charge in [0, 0.05) is 50.6 Å². The average Bonchev–Trinajstić information content (AvgIpc) is 3.20. The van der Waals surface area contributed by atoms with Crippen LogP contribution in [-0.4, -0.2) is 65.6 Å². The van der Waals surface area contributed by atoms with Crippen molar-refractivity contribution in [3.8, 4) is 0 Å². The summed E-state index contributed by atoms with van der Waals surface area (Å²) in [6.07, 6.45) is 0. The molecule has 2 aromatic carbocycles. The molecule has 1 amide bonds. The summed E-state index contributed by atoms with van der Waals surface area (Å²) in [6.45, 7) is 5.79. The zero-order valence-electron chi connectivity index (χ0n) is 16.0. The molecule has 2 aliphatic rings. The zero-order valence-corrected chi connectivity index (χ0v) is 16.8. The highest BCUT2D eigenvalue weighted by atomic mass is 32.2. The number of benzene rings is 2. The lowest BCUT2D eigenvalue weighted by Gasteiger charge is -2.35. The Morgan fingerprint density at radius 2 is 1.61 bits per heavy atom. The molecule has 28 heavy (non-hydrogen) atoms. The van der Waals surface area contributed by atoms with Crippen molar-refractivity contribution in [3.05, 3.63) is 71.5 Å². The highest BCUT2D eigenvalue weighted by Crippen LogP contribution is 2.38. The van der Waals surface area contributed by atoms with Crippen molar-refractivity contribution < 1.29 is 9.18 Å². The van der Waals surface area contributed by atoms with Crippen molar-refractivity contribution in [3.63, 3.8) is 0 Å². The summed E-state index contributed by atoms with van der Waals surface area (Å²) in [5.41, 5.74) is 1.94. The van der Waals surface area contributed by atoms with Crippen LogP contribution in [0.1, 0.15) is 16.5 Å². The van der Waals surface area contributed by atoms with Crippen LogP contribution in [-0.2, 0) is 11.3 Å². The molecule has 0 N–H and O–H groups in total. The van der Waals surface area contributed by atoms with E-state index in [-0.39, 0.29) is 17.1 Å². The second kappa shape index (κ2) is 9.07. The largest absolute Gasteiger partial charge is 0.325 e. The first-order chi connectivity index (χ1) is 13.7. The molecule has 2 heterocycles. The van der Waals surface area contributed by atoms with E-state index in [2.05, 4.69) is 34.1 Å². The minimum atomic E-state index is -0.228. The fraction of sp³-hybridized carbons (Fsp3) is 0.409. The molecule has 6 heteroatoms. The summed E-state index contributed by atoms with van der Waals surface area (Å²) in [4.78, 5) is 19.4. The van der Waals surface area contributed by atoms with Gasteiger partial charge in [-0.1, -0.05) is 48.5 Å². The van der Waals surface area contributed by atoms with Crippen molar-refractivity contribution in [1.82, 2.24) is 14.7 Å². The standard InChI is InChI=1S/C22H26FN3OS/c23-20-9-5-4-8-19(20)22-26(14-15-28-22)21(27)17-25-12-10-24(11-13-25)16-18-6-2-1-3-7-18/h1-9,22H,10-17H2. The Morgan fingerprint density at radius 1 is 0.929 bits per heavy atom. The molecule has 2 fully saturated rings. The molecule has 0 radical (unpaired) electrons. The van der Waals surface area contributed by atoms with Crippen LogP contribution >= 0.6 is 11.8 Å². The van der Waals surface area contributed by atoms with Crippen molar-refractivity contribution in [1.29, 1.82) is 0 Å². The predicted octanol–water partition coefficient (Wildman–Crippen LogP) is 3.22. The van der Waals surface area contributed by atoms with Gasteiger partial charge >= 0.3 is 0 Å². The molecule has 0 spiro atoms. The minimum Gasteiger partial charge on any atom is -0.325 e. The number of thioether (sulfide) groups is 1. The number of hydrogen-bond donors (Lipinski definition) is 0. The van der Waals surface area contributed by atoms with Gasteiger partial charge in [0.25, 0.3) is 0 Å². The number of piperazine rings is 1. The van der Waals surface area contributed by atoms with E-state index in [0.717, 1.165) is 38.5 Å². The van der Waals surface area contributed by atoms with E-state index in [1.54, 1.807) is 23.9 Å². The topological polar surface area (TPSA) is 26.8 Å². The molecule has 148 valence electrons.